The first-order valence-corrected chi connectivity index (χ1v) is 13.6. The zero-order valence-electron chi connectivity index (χ0n) is 23.7. The van der Waals surface area contributed by atoms with Crippen molar-refractivity contribution >= 4 is 44.0 Å². The molecule has 1 aliphatic rings. The number of likely N-dealkylation sites (N-methyl/N-ethyl adjacent to an activating group) is 1. The van der Waals surface area contributed by atoms with Crippen molar-refractivity contribution in [1.82, 2.24) is 35.0 Å². The highest BCUT2D eigenvalue weighted by molar-refractivity contribution is 7.59. The fraction of sp³-hybridized carbons (Fsp3) is 0.300. The summed E-state index contributed by atoms with van der Waals surface area (Å²) < 4.78 is 7.07. The van der Waals surface area contributed by atoms with E-state index in [1.165, 1.54) is 0 Å². The van der Waals surface area contributed by atoms with Gasteiger partial charge in [0.05, 0.1) is 30.6 Å². The number of H-pyrrole nitrogens is 1. The summed E-state index contributed by atoms with van der Waals surface area (Å²) in [5.41, 5.74) is 4.57. The molecule has 6 rings (SSSR count). The highest BCUT2D eigenvalue weighted by atomic mass is 32.1. The van der Waals surface area contributed by atoms with E-state index in [0.717, 1.165) is 35.2 Å². The lowest BCUT2D eigenvalue weighted by atomic mass is 10.0. The Bertz CT molecular complexity index is 1710. The molecule has 226 valence electrons. The van der Waals surface area contributed by atoms with Gasteiger partial charge in [-0.15, -0.1) is 10.2 Å². The van der Waals surface area contributed by atoms with Crippen LogP contribution in [0.2, 0.25) is 0 Å². The Balaban J connectivity index is 0.00000212. The van der Waals surface area contributed by atoms with E-state index in [1.54, 1.807) is 15.5 Å². The number of aromatic amines is 1. The number of aliphatic hydroxyl groups is 1. The number of benzene rings is 3. The molecule has 1 saturated heterocycles. The quantitative estimate of drug-likeness (QED) is 0.257. The molecule has 3 aromatic carbocycles. The third kappa shape index (κ3) is 7.19. The summed E-state index contributed by atoms with van der Waals surface area (Å²) in [6, 6.07) is 22.8. The highest BCUT2D eigenvalue weighted by Crippen LogP contribution is 2.25. The largest absolute Gasteiger partial charge is 0.420 e. The molecule has 2 N–H and O–H groups in total. The molecular weight excluding hydrogens is 587 g/mol. The first-order valence-electron chi connectivity index (χ1n) is 13.6. The summed E-state index contributed by atoms with van der Waals surface area (Å²) in [5.74, 6) is -0.0402. The Labute approximate surface area is 262 Å². The van der Waals surface area contributed by atoms with Crippen molar-refractivity contribution < 1.29 is 14.3 Å². The number of tetrazole rings is 1. The number of carbonyl (C=O) groups is 1. The Morgan fingerprint density at radius 3 is 2.63 bits per heavy atom. The summed E-state index contributed by atoms with van der Waals surface area (Å²) in [5, 5.41) is 24.1. The summed E-state index contributed by atoms with van der Waals surface area (Å²) in [6.07, 6.45) is 0.589. The maximum atomic E-state index is 13.6. The molecule has 11 nitrogen and oxygen atoms in total. The molecule has 2 atom stereocenters. The van der Waals surface area contributed by atoms with Crippen LogP contribution in [-0.4, -0.2) is 78.8 Å². The van der Waals surface area contributed by atoms with Crippen molar-refractivity contribution in [1.29, 1.82) is 0 Å². The van der Waals surface area contributed by atoms with Gasteiger partial charge in [0.15, 0.2) is 5.58 Å². The summed E-state index contributed by atoms with van der Waals surface area (Å²) in [6.45, 7) is 2.34. The van der Waals surface area contributed by atoms with Crippen molar-refractivity contribution in [2.75, 3.05) is 26.7 Å². The number of nitrogens with zero attached hydrogens (tertiary/aromatic N) is 6. The number of β-amino-alcohol motifs (C(OH)–C–C–N with tert-alkyl or cyclic N) is 1. The van der Waals surface area contributed by atoms with E-state index in [1.807, 2.05) is 73.8 Å². The topological polar surface area (TPSA) is 133 Å². The lowest BCUT2D eigenvalue weighted by Gasteiger charge is -2.32. The first-order chi connectivity index (χ1) is 19.9. The van der Waals surface area contributed by atoms with Gasteiger partial charge >= 0.3 is 5.76 Å². The van der Waals surface area contributed by atoms with Crippen LogP contribution in [0.4, 0.5) is 0 Å². The van der Waals surface area contributed by atoms with E-state index >= 15 is 0 Å². The van der Waals surface area contributed by atoms with Crippen LogP contribution in [0, 0.1) is 0 Å². The SMILES string of the molecule is CN(C(=O)Cc1ccc2oc(=O)n(Cc3cccc(-c4nn[nH]n4)c3)c2c1)[C@H](CN1CC[C@@H](O)C1)c1ccccc1.S.S. The third-order valence-electron chi connectivity index (χ3n) is 7.68. The highest BCUT2D eigenvalue weighted by Gasteiger charge is 2.28. The number of fused-ring (bicyclic) bond motifs is 1. The minimum absolute atomic E-state index is 0. The number of aliphatic hydroxyl groups excluding tert-OH is 1. The first kappa shape index (κ1) is 32.0. The zero-order valence-corrected chi connectivity index (χ0v) is 25.7. The molecule has 5 aromatic rings. The predicted octanol–water partition coefficient (Wildman–Crippen LogP) is 2.86. The minimum Gasteiger partial charge on any atom is -0.408 e. The average molecular weight is 622 g/mol. The van der Waals surface area contributed by atoms with Gasteiger partial charge in [0.2, 0.25) is 11.7 Å². The Kier molecular flexibility index (Phi) is 10.5. The van der Waals surface area contributed by atoms with Crippen LogP contribution in [0.15, 0.2) is 82.0 Å². The molecule has 0 radical (unpaired) electrons. The van der Waals surface area contributed by atoms with Crippen molar-refractivity contribution in [3.63, 3.8) is 0 Å². The summed E-state index contributed by atoms with van der Waals surface area (Å²) in [4.78, 5) is 30.4. The van der Waals surface area contributed by atoms with E-state index in [4.69, 9.17) is 4.42 Å². The van der Waals surface area contributed by atoms with Crippen LogP contribution in [0.1, 0.15) is 29.2 Å². The molecule has 0 aliphatic carbocycles. The monoisotopic (exact) mass is 621 g/mol. The zero-order chi connectivity index (χ0) is 28.3. The van der Waals surface area contributed by atoms with Crippen LogP contribution in [-0.2, 0) is 17.8 Å². The lowest BCUT2D eigenvalue weighted by molar-refractivity contribution is -0.131. The van der Waals surface area contributed by atoms with Crippen molar-refractivity contribution in [2.45, 2.75) is 31.5 Å². The third-order valence-corrected chi connectivity index (χ3v) is 7.68. The van der Waals surface area contributed by atoms with E-state index in [2.05, 4.69) is 25.5 Å². The van der Waals surface area contributed by atoms with E-state index in [-0.39, 0.29) is 58.0 Å². The smallest absolute Gasteiger partial charge is 0.408 e. The number of aromatic nitrogens is 5. The molecule has 0 unspecified atom stereocenters. The lowest BCUT2D eigenvalue weighted by Crippen LogP contribution is -2.39. The number of hydrogen-bond donors (Lipinski definition) is 2. The Morgan fingerprint density at radius 1 is 1.09 bits per heavy atom. The van der Waals surface area contributed by atoms with E-state index in [0.29, 0.717) is 30.0 Å². The number of rotatable bonds is 9. The van der Waals surface area contributed by atoms with Gasteiger partial charge in [-0.25, -0.2) is 4.79 Å². The van der Waals surface area contributed by atoms with Gasteiger partial charge in [-0.2, -0.15) is 32.2 Å². The molecule has 1 amide bonds. The molecule has 1 aliphatic heterocycles. The maximum Gasteiger partial charge on any atom is 0.420 e. The fourth-order valence-corrected chi connectivity index (χ4v) is 5.47. The van der Waals surface area contributed by atoms with Gasteiger partial charge in [0.25, 0.3) is 0 Å². The van der Waals surface area contributed by atoms with Gasteiger partial charge in [-0.3, -0.25) is 14.3 Å². The van der Waals surface area contributed by atoms with Crippen LogP contribution in [0.5, 0.6) is 0 Å². The molecule has 3 heterocycles. The van der Waals surface area contributed by atoms with Crippen LogP contribution < -0.4 is 5.76 Å². The standard InChI is InChI=1S/C30H31N7O4.2H2S/c1-35(26(22-7-3-2-4-8-22)19-36-13-12-24(38)18-36)28(39)16-20-10-11-27-25(15-20)37(30(40)41-27)17-21-6-5-9-23(14-21)29-31-33-34-32-29;;/h2-11,14-15,24,26,38H,12-13,16-19H2,1H3,(H,31,32,33,34);2*1H2/t24-,26-;;/m1../s1. The summed E-state index contributed by atoms with van der Waals surface area (Å²) >= 11 is 0. The normalized spacial score (nSPS) is 15.5. The Hall–Kier alpha value is -3.91. The Morgan fingerprint density at radius 2 is 1.91 bits per heavy atom. The van der Waals surface area contributed by atoms with Gasteiger partial charge in [0, 0.05) is 32.2 Å². The molecule has 1 fully saturated rings. The van der Waals surface area contributed by atoms with Gasteiger partial charge in [-0.05, 0) is 46.5 Å². The van der Waals surface area contributed by atoms with E-state index in [9.17, 15) is 14.7 Å². The van der Waals surface area contributed by atoms with Crippen LogP contribution in [0.25, 0.3) is 22.5 Å². The second-order valence-corrected chi connectivity index (χ2v) is 10.5. The number of carbonyl (C=O) groups excluding carboxylic acids is 1. The second-order valence-electron chi connectivity index (χ2n) is 10.5. The van der Waals surface area contributed by atoms with Gasteiger partial charge < -0.3 is 14.4 Å². The molecule has 0 bridgehead atoms. The van der Waals surface area contributed by atoms with Crippen LogP contribution >= 0.6 is 27.0 Å². The van der Waals surface area contributed by atoms with Gasteiger partial charge in [0.1, 0.15) is 0 Å². The second kappa shape index (κ2) is 14.0. The maximum absolute atomic E-state index is 13.6. The summed E-state index contributed by atoms with van der Waals surface area (Å²) in [7, 11) is 1.83. The molecule has 0 saturated carbocycles. The molecule has 2 aromatic heterocycles. The number of hydrogen-bond acceptors (Lipinski definition) is 8. The number of nitrogens with one attached hydrogen (secondary N) is 1. The van der Waals surface area contributed by atoms with E-state index < -0.39 is 5.76 Å². The number of oxazole rings is 1. The number of amides is 1. The molecule has 13 heteroatoms. The van der Waals surface area contributed by atoms with Crippen LogP contribution in [0.3, 0.4) is 0 Å². The average Bonchev–Trinajstić information content (AvgIpc) is 3.73. The fourth-order valence-electron chi connectivity index (χ4n) is 5.47. The number of likely N-dealkylation sites (tertiary alicyclic amines) is 1. The van der Waals surface area contributed by atoms with Crippen molar-refractivity contribution in [2.24, 2.45) is 0 Å². The van der Waals surface area contributed by atoms with Crippen molar-refractivity contribution in [3.05, 3.63) is 100 Å². The molecular formula is C30H35N7O4S2. The predicted molar refractivity (Wildman–Crippen MR) is 173 cm³/mol. The van der Waals surface area contributed by atoms with Crippen molar-refractivity contribution in [3.8, 4) is 11.4 Å². The molecule has 43 heavy (non-hydrogen) atoms. The minimum atomic E-state index is -0.470. The molecule has 0 spiro atoms. The van der Waals surface area contributed by atoms with Gasteiger partial charge in [-0.1, -0.05) is 54.6 Å².